The standard InChI is InChI=1S/C4H3BrN6S/c5-2-1-8-3(6)4(9-2)12-11-10-7/h1H,(H2,6,8). The molecule has 0 aliphatic carbocycles. The maximum atomic E-state index is 8.02. The summed E-state index contributed by atoms with van der Waals surface area (Å²) in [5.74, 6) is 0.246. The molecule has 8 heteroatoms. The van der Waals surface area contributed by atoms with Crippen molar-refractivity contribution >= 4 is 33.7 Å². The summed E-state index contributed by atoms with van der Waals surface area (Å²) < 4.78 is 3.79. The van der Waals surface area contributed by atoms with E-state index in [1.54, 1.807) is 0 Å². The zero-order valence-electron chi connectivity index (χ0n) is 5.68. The first-order valence-corrected chi connectivity index (χ1v) is 4.30. The van der Waals surface area contributed by atoms with E-state index >= 15 is 0 Å². The minimum atomic E-state index is 0.246. The normalized spacial score (nSPS) is 9.08. The first-order chi connectivity index (χ1) is 5.74. The van der Waals surface area contributed by atoms with Crippen molar-refractivity contribution in [3.05, 3.63) is 21.2 Å². The average molecular weight is 247 g/mol. The van der Waals surface area contributed by atoms with Gasteiger partial charge in [0.1, 0.15) is 9.63 Å². The highest BCUT2D eigenvalue weighted by atomic mass is 79.9. The van der Waals surface area contributed by atoms with Gasteiger partial charge >= 0.3 is 0 Å². The Kier molecular flexibility index (Phi) is 3.15. The van der Waals surface area contributed by atoms with Crippen molar-refractivity contribution in [2.45, 2.75) is 5.03 Å². The molecule has 0 fully saturated rings. The quantitative estimate of drug-likeness (QED) is 0.374. The Morgan fingerprint density at radius 1 is 1.75 bits per heavy atom. The number of anilines is 1. The van der Waals surface area contributed by atoms with Gasteiger partial charge in [0.25, 0.3) is 0 Å². The average Bonchev–Trinajstić information content (AvgIpc) is 2.07. The van der Waals surface area contributed by atoms with Crippen LogP contribution < -0.4 is 5.73 Å². The number of nitrogen functional groups attached to an aromatic ring is 1. The van der Waals surface area contributed by atoms with E-state index in [9.17, 15) is 0 Å². The van der Waals surface area contributed by atoms with Crippen LogP contribution in [0.2, 0.25) is 0 Å². The van der Waals surface area contributed by atoms with Gasteiger partial charge in [0.2, 0.25) is 0 Å². The highest BCUT2D eigenvalue weighted by Gasteiger charge is 2.01. The number of aromatic nitrogens is 2. The fourth-order valence-electron chi connectivity index (χ4n) is 0.485. The molecule has 0 radical (unpaired) electrons. The Bertz CT molecular complexity index is 334. The van der Waals surface area contributed by atoms with Crippen molar-refractivity contribution in [1.29, 1.82) is 0 Å². The van der Waals surface area contributed by atoms with E-state index in [0.29, 0.717) is 9.63 Å². The van der Waals surface area contributed by atoms with Crippen molar-refractivity contribution < 1.29 is 0 Å². The molecular formula is C4H3BrN6S. The number of hydrogen-bond donors (Lipinski definition) is 1. The smallest absolute Gasteiger partial charge is 0.156 e. The second-order valence-electron chi connectivity index (χ2n) is 1.65. The van der Waals surface area contributed by atoms with Crippen molar-refractivity contribution in [3.8, 4) is 0 Å². The Morgan fingerprint density at radius 3 is 3.17 bits per heavy atom. The molecule has 1 heterocycles. The molecule has 1 aromatic rings. The summed E-state index contributed by atoms with van der Waals surface area (Å²) in [6.45, 7) is 0. The van der Waals surface area contributed by atoms with Gasteiger partial charge in [-0.1, -0.05) is 0 Å². The van der Waals surface area contributed by atoms with Crippen molar-refractivity contribution in [1.82, 2.24) is 9.97 Å². The molecule has 1 aromatic heterocycles. The van der Waals surface area contributed by atoms with Gasteiger partial charge in [-0.2, -0.15) is 0 Å². The van der Waals surface area contributed by atoms with Crippen LogP contribution in [-0.2, 0) is 0 Å². The molecule has 0 saturated heterocycles. The van der Waals surface area contributed by atoms with Crippen LogP contribution in [-0.4, -0.2) is 9.97 Å². The first-order valence-electron chi connectivity index (χ1n) is 2.73. The highest BCUT2D eigenvalue weighted by Crippen LogP contribution is 2.23. The molecule has 0 aliphatic heterocycles. The van der Waals surface area contributed by atoms with Crippen LogP contribution in [0.25, 0.3) is 10.4 Å². The van der Waals surface area contributed by atoms with E-state index in [0.717, 1.165) is 11.9 Å². The Balaban J connectivity index is 2.96. The lowest BCUT2D eigenvalue weighted by Gasteiger charge is -1.97. The molecule has 0 aromatic carbocycles. The Morgan fingerprint density at radius 2 is 2.50 bits per heavy atom. The fourth-order valence-corrected chi connectivity index (χ4v) is 1.28. The monoisotopic (exact) mass is 246 g/mol. The molecule has 0 spiro atoms. The molecule has 1 rings (SSSR count). The maximum absolute atomic E-state index is 8.02. The molecular weight excluding hydrogens is 244 g/mol. The van der Waals surface area contributed by atoms with Gasteiger partial charge in [0, 0.05) is 4.91 Å². The van der Waals surface area contributed by atoms with E-state index in [1.165, 1.54) is 6.20 Å². The highest BCUT2D eigenvalue weighted by molar-refractivity contribution is 9.10. The van der Waals surface area contributed by atoms with E-state index < -0.39 is 0 Å². The van der Waals surface area contributed by atoms with Crippen LogP contribution in [0.1, 0.15) is 0 Å². The molecule has 0 atom stereocenters. The minimum Gasteiger partial charge on any atom is -0.381 e. The second kappa shape index (κ2) is 4.15. The van der Waals surface area contributed by atoms with E-state index in [4.69, 9.17) is 11.3 Å². The largest absolute Gasteiger partial charge is 0.381 e. The molecule has 0 aliphatic rings. The molecule has 6 nitrogen and oxygen atoms in total. The van der Waals surface area contributed by atoms with Gasteiger partial charge in [0.05, 0.1) is 6.20 Å². The van der Waals surface area contributed by atoms with Gasteiger partial charge in [0.15, 0.2) is 5.82 Å². The van der Waals surface area contributed by atoms with Gasteiger partial charge in [-0.3, -0.25) is 0 Å². The zero-order valence-corrected chi connectivity index (χ0v) is 8.08. The number of azide groups is 1. The van der Waals surface area contributed by atoms with Crippen molar-refractivity contribution in [2.24, 2.45) is 4.52 Å². The molecule has 0 amide bonds. The molecule has 0 bridgehead atoms. The Hall–Kier alpha value is -0.980. The molecule has 62 valence electrons. The number of rotatable bonds is 2. The van der Waals surface area contributed by atoms with Gasteiger partial charge in [-0.05, 0) is 37.9 Å². The summed E-state index contributed by atoms with van der Waals surface area (Å²) in [6.07, 6.45) is 1.47. The number of nitrogens with two attached hydrogens (primary N) is 1. The van der Waals surface area contributed by atoms with Crippen LogP contribution in [0.15, 0.2) is 20.3 Å². The number of halogens is 1. The number of hydrogen-bond acceptors (Lipinski definition) is 5. The van der Waals surface area contributed by atoms with Crippen LogP contribution in [0.4, 0.5) is 5.82 Å². The topological polar surface area (TPSA) is 101 Å². The molecule has 0 saturated carbocycles. The van der Waals surface area contributed by atoms with Gasteiger partial charge < -0.3 is 5.73 Å². The molecule has 2 N–H and O–H groups in total. The fraction of sp³-hybridized carbons (Fsp3) is 0. The van der Waals surface area contributed by atoms with E-state index in [1.807, 2.05) is 0 Å². The van der Waals surface area contributed by atoms with E-state index in [2.05, 4.69) is 35.3 Å². The summed E-state index contributed by atoms with van der Waals surface area (Å²) in [5, 5.41) is 0.391. The first kappa shape index (κ1) is 9.11. The number of nitrogens with zero attached hydrogens (tertiary/aromatic N) is 5. The third kappa shape index (κ3) is 2.26. The van der Waals surface area contributed by atoms with Crippen LogP contribution in [0, 0.1) is 0 Å². The van der Waals surface area contributed by atoms with Crippen LogP contribution in [0.5, 0.6) is 0 Å². The van der Waals surface area contributed by atoms with Crippen LogP contribution in [0.3, 0.4) is 0 Å². The van der Waals surface area contributed by atoms with Crippen LogP contribution >= 0.6 is 27.9 Å². The lowest BCUT2D eigenvalue weighted by atomic mass is 10.7. The second-order valence-corrected chi connectivity index (χ2v) is 3.19. The predicted octanol–water partition coefficient (Wildman–Crippen LogP) is 2.14. The van der Waals surface area contributed by atoms with Crippen molar-refractivity contribution in [3.63, 3.8) is 0 Å². The third-order valence-corrected chi connectivity index (χ3v) is 1.91. The van der Waals surface area contributed by atoms with Gasteiger partial charge in [-0.15, -0.1) is 0 Å². The SMILES string of the molecule is [N-]=[N+]=NSc1nc(Br)cnc1N. The Labute approximate surface area is 80.5 Å². The summed E-state index contributed by atoms with van der Waals surface area (Å²) in [5.41, 5.74) is 13.5. The summed E-state index contributed by atoms with van der Waals surface area (Å²) in [4.78, 5) is 10.3. The third-order valence-electron chi connectivity index (χ3n) is 0.901. The predicted molar refractivity (Wildman–Crippen MR) is 49.1 cm³/mol. The lowest BCUT2D eigenvalue weighted by molar-refractivity contribution is 1.04. The lowest BCUT2D eigenvalue weighted by Crippen LogP contribution is -1.94. The molecule has 0 unspecified atom stereocenters. The summed E-state index contributed by atoms with van der Waals surface area (Å²) >= 11 is 3.95. The maximum Gasteiger partial charge on any atom is 0.156 e. The molecule has 12 heavy (non-hydrogen) atoms. The van der Waals surface area contributed by atoms with E-state index in [-0.39, 0.29) is 5.82 Å². The summed E-state index contributed by atoms with van der Waals surface area (Å²) in [7, 11) is 0. The zero-order chi connectivity index (χ0) is 8.97. The van der Waals surface area contributed by atoms with Crippen molar-refractivity contribution in [2.75, 3.05) is 5.73 Å². The summed E-state index contributed by atoms with van der Waals surface area (Å²) in [6, 6.07) is 0. The van der Waals surface area contributed by atoms with Gasteiger partial charge in [-0.25, -0.2) is 9.97 Å². The minimum absolute atomic E-state index is 0.246.